The lowest BCUT2D eigenvalue weighted by Gasteiger charge is -2.29. The van der Waals surface area contributed by atoms with Crippen LogP contribution >= 0.6 is 0 Å². The van der Waals surface area contributed by atoms with E-state index in [-0.39, 0.29) is 37.1 Å². The summed E-state index contributed by atoms with van der Waals surface area (Å²) in [5.74, 6) is -0.638. The largest absolute Gasteiger partial charge is 0.469 e. The van der Waals surface area contributed by atoms with E-state index in [1.807, 2.05) is 6.92 Å². The van der Waals surface area contributed by atoms with Crippen LogP contribution in [0.2, 0.25) is 0 Å². The average molecular weight is 406 g/mol. The van der Waals surface area contributed by atoms with Crippen LogP contribution in [0, 0.1) is 17.8 Å². The molecule has 3 rings (SSSR count). The van der Waals surface area contributed by atoms with Crippen molar-refractivity contribution in [3.05, 3.63) is 11.8 Å². The molecule has 0 aromatic rings. The molecular formula is C21H33F3O4. The molecule has 0 bridgehead atoms. The predicted molar refractivity (Wildman–Crippen MR) is 98.2 cm³/mol. The highest BCUT2D eigenvalue weighted by Gasteiger charge is 2.46. The van der Waals surface area contributed by atoms with E-state index in [0.29, 0.717) is 25.2 Å². The molecule has 1 aliphatic carbocycles. The van der Waals surface area contributed by atoms with Crippen LogP contribution in [-0.4, -0.2) is 36.6 Å². The summed E-state index contributed by atoms with van der Waals surface area (Å²) in [6.07, 6.45) is 2.52. The first kappa shape index (κ1) is 21.9. The Kier molecular flexibility index (Phi) is 7.67. The van der Waals surface area contributed by atoms with Gasteiger partial charge in [0, 0.05) is 18.8 Å². The molecule has 0 aromatic heterocycles. The highest BCUT2D eigenvalue weighted by atomic mass is 19.4. The number of fused-ring (bicyclic) bond motifs is 1. The summed E-state index contributed by atoms with van der Waals surface area (Å²) in [7, 11) is 0. The second-order valence-corrected chi connectivity index (χ2v) is 8.35. The molecular weight excluding hydrogens is 373 g/mol. The summed E-state index contributed by atoms with van der Waals surface area (Å²) in [4.78, 5) is 0. The molecule has 1 N–H and O–H groups in total. The summed E-state index contributed by atoms with van der Waals surface area (Å²) in [5.41, 5.74) is 0. The van der Waals surface area contributed by atoms with Gasteiger partial charge in [-0.05, 0) is 50.5 Å². The number of alkyl halides is 3. The fourth-order valence-corrected chi connectivity index (χ4v) is 4.73. The lowest BCUT2D eigenvalue weighted by molar-refractivity contribution is -0.176. The second-order valence-electron chi connectivity index (χ2n) is 8.35. The highest BCUT2D eigenvalue weighted by molar-refractivity contribution is 5.08. The first-order chi connectivity index (χ1) is 13.4. The van der Waals surface area contributed by atoms with Gasteiger partial charge in [0.1, 0.15) is 0 Å². The maximum Gasteiger partial charge on any atom is 0.392 e. The van der Waals surface area contributed by atoms with Crippen molar-refractivity contribution in [1.29, 1.82) is 0 Å². The van der Waals surface area contributed by atoms with Gasteiger partial charge in [-0.2, -0.15) is 13.2 Å². The molecule has 3 fully saturated rings. The van der Waals surface area contributed by atoms with Crippen molar-refractivity contribution >= 4 is 0 Å². The van der Waals surface area contributed by atoms with Gasteiger partial charge >= 0.3 is 6.18 Å². The van der Waals surface area contributed by atoms with E-state index in [1.165, 1.54) is 0 Å². The van der Waals surface area contributed by atoms with Gasteiger partial charge in [-0.15, -0.1) is 0 Å². The molecule has 3 unspecified atom stereocenters. The van der Waals surface area contributed by atoms with Crippen molar-refractivity contribution in [3.8, 4) is 0 Å². The van der Waals surface area contributed by atoms with Gasteiger partial charge in [-0.1, -0.05) is 19.8 Å². The SMILES string of the molecule is CCCCC(CC=C(OC1CCCCO1)[C@H]1CC[C@H]2OC(O)C[C@H]12)C(F)(F)F. The van der Waals surface area contributed by atoms with Gasteiger partial charge in [-0.25, -0.2) is 0 Å². The van der Waals surface area contributed by atoms with E-state index in [1.54, 1.807) is 6.08 Å². The zero-order chi connectivity index (χ0) is 20.1. The van der Waals surface area contributed by atoms with Gasteiger partial charge in [0.15, 0.2) is 12.6 Å². The van der Waals surface area contributed by atoms with Gasteiger partial charge < -0.3 is 19.3 Å². The average Bonchev–Trinajstić information content (AvgIpc) is 3.19. The van der Waals surface area contributed by atoms with Crippen LogP contribution in [0.25, 0.3) is 0 Å². The predicted octanol–water partition coefficient (Wildman–Crippen LogP) is 5.31. The number of hydrogen-bond donors (Lipinski definition) is 1. The van der Waals surface area contributed by atoms with Crippen molar-refractivity contribution in [1.82, 2.24) is 0 Å². The number of allylic oxidation sites excluding steroid dienone is 2. The van der Waals surface area contributed by atoms with Gasteiger partial charge in [0.05, 0.1) is 24.4 Å². The first-order valence-electron chi connectivity index (χ1n) is 10.8. The minimum atomic E-state index is -4.21. The number of unbranched alkanes of at least 4 members (excludes halogenated alkanes) is 1. The smallest absolute Gasteiger partial charge is 0.392 e. The first-order valence-corrected chi connectivity index (χ1v) is 10.8. The molecule has 3 aliphatic rings. The number of aliphatic hydroxyl groups excluding tert-OH is 1. The topological polar surface area (TPSA) is 47.9 Å². The minimum absolute atomic E-state index is 0.00673. The number of halogens is 3. The van der Waals surface area contributed by atoms with Crippen molar-refractivity contribution in [3.63, 3.8) is 0 Å². The Bertz CT molecular complexity index is 516. The Morgan fingerprint density at radius 1 is 1.25 bits per heavy atom. The number of aliphatic hydroxyl groups is 1. The summed E-state index contributed by atoms with van der Waals surface area (Å²) < 4.78 is 57.7. The van der Waals surface area contributed by atoms with Gasteiger partial charge in [0.2, 0.25) is 0 Å². The molecule has 0 spiro atoms. The number of ether oxygens (including phenoxy) is 3. The summed E-state index contributed by atoms with van der Waals surface area (Å²) >= 11 is 0. The Balaban J connectivity index is 1.73. The van der Waals surface area contributed by atoms with E-state index < -0.39 is 18.4 Å². The Morgan fingerprint density at radius 3 is 2.75 bits per heavy atom. The quantitative estimate of drug-likeness (QED) is 0.555. The fraction of sp³-hybridized carbons (Fsp3) is 0.905. The molecule has 2 heterocycles. The maximum atomic E-state index is 13.4. The third-order valence-corrected chi connectivity index (χ3v) is 6.31. The standard InChI is InChI=1S/C21H33F3O4/c1-2-3-6-14(21(22,23)24)8-10-17(28-20-7-4-5-12-26-20)15-9-11-18-16(15)13-19(25)27-18/h10,14-16,18-20,25H,2-9,11-13H2,1H3/t14?,15-,16+,18+,19?,20?/m0/s1. The summed E-state index contributed by atoms with van der Waals surface area (Å²) in [6, 6.07) is 0. The van der Waals surface area contributed by atoms with E-state index in [2.05, 4.69) is 0 Å². The monoisotopic (exact) mass is 406 g/mol. The third-order valence-electron chi connectivity index (χ3n) is 6.31. The Morgan fingerprint density at radius 2 is 2.07 bits per heavy atom. The molecule has 4 nitrogen and oxygen atoms in total. The lowest BCUT2D eigenvalue weighted by Crippen LogP contribution is -2.27. The molecule has 162 valence electrons. The van der Waals surface area contributed by atoms with Crippen LogP contribution in [-0.2, 0) is 14.2 Å². The minimum Gasteiger partial charge on any atom is -0.469 e. The van der Waals surface area contributed by atoms with Crippen molar-refractivity contribution in [2.24, 2.45) is 17.8 Å². The molecule has 7 heteroatoms. The normalized spacial score (nSPS) is 35.0. The zero-order valence-electron chi connectivity index (χ0n) is 16.6. The fourth-order valence-electron chi connectivity index (χ4n) is 4.73. The molecule has 0 amide bonds. The molecule has 2 saturated heterocycles. The summed E-state index contributed by atoms with van der Waals surface area (Å²) in [5, 5.41) is 9.82. The van der Waals surface area contributed by atoms with Crippen molar-refractivity contribution in [2.75, 3.05) is 6.61 Å². The van der Waals surface area contributed by atoms with Crippen LogP contribution in [0.4, 0.5) is 13.2 Å². The molecule has 6 atom stereocenters. The second kappa shape index (κ2) is 9.81. The number of rotatable bonds is 8. The maximum absolute atomic E-state index is 13.4. The molecule has 0 radical (unpaired) electrons. The van der Waals surface area contributed by atoms with Crippen LogP contribution in [0.3, 0.4) is 0 Å². The van der Waals surface area contributed by atoms with Crippen molar-refractivity contribution in [2.45, 2.75) is 96.0 Å². The lowest BCUT2D eigenvalue weighted by atomic mass is 9.89. The van der Waals surface area contributed by atoms with E-state index in [9.17, 15) is 18.3 Å². The zero-order valence-corrected chi connectivity index (χ0v) is 16.6. The van der Waals surface area contributed by atoms with E-state index >= 15 is 0 Å². The molecule has 28 heavy (non-hydrogen) atoms. The third kappa shape index (κ3) is 5.63. The van der Waals surface area contributed by atoms with Crippen LogP contribution in [0.15, 0.2) is 11.8 Å². The van der Waals surface area contributed by atoms with Gasteiger partial charge in [-0.3, -0.25) is 0 Å². The molecule has 1 saturated carbocycles. The van der Waals surface area contributed by atoms with Crippen LogP contribution in [0.5, 0.6) is 0 Å². The van der Waals surface area contributed by atoms with Crippen LogP contribution < -0.4 is 0 Å². The summed E-state index contributed by atoms with van der Waals surface area (Å²) in [6.45, 7) is 2.53. The molecule has 0 aromatic carbocycles. The van der Waals surface area contributed by atoms with Crippen LogP contribution in [0.1, 0.15) is 71.1 Å². The van der Waals surface area contributed by atoms with E-state index in [4.69, 9.17) is 14.2 Å². The Labute approximate surface area is 165 Å². The Hall–Kier alpha value is -0.790. The molecule has 2 aliphatic heterocycles. The van der Waals surface area contributed by atoms with E-state index in [0.717, 1.165) is 38.5 Å². The van der Waals surface area contributed by atoms with Gasteiger partial charge in [0.25, 0.3) is 0 Å². The highest BCUT2D eigenvalue weighted by Crippen LogP contribution is 2.47. The number of hydrogen-bond acceptors (Lipinski definition) is 4. The van der Waals surface area contributed by atoms with Crippen molar-refractivity contribution < 1.29 is 32.5 Å².